The lowest BCUT2D eigenvalue weighted by atomic mass is 10.1. The second kappa shape index (κ2) is 11.4. The quantitative estimate of drug-likeness (QED) is 0.259. The van der Waals surface area contributed by atoms with Gasteiger partial charge >= 0.3 is 11.6 Å². The van der Waals surface area contributed by atoms with Gasteiger partial charge in [0.2, 0.25) is 0 Å². The monoisotopic (exact) mass is 411 g/mol. The predicted molar refractivity (Wildman–Crippen MR) is 116 cm³/mol. The van der Waals surface area contributed by atoms with E-state index >= 15 is 0 Å². The molecule has 1 N–H and O–H groups in total. The standard InChI is InChI=1S/C16H21NO4.C7H4O2/c1-4-8-14(18)12(16(19)21-5-2)11-17-13-9-6-7-10-15(13)20-3;8-7-5-1-3-6(9-7)4-2-5/h6-7,9-11,18H,4-5,8H2,1-3H3;1-4H. The van der Waals surface area contributed by atoms with Gasteiger partial charge in [-0.2, -0.15) is 0 Å². The molecular weight excluding hydrogens is 386 g/mol. The van der Waals surface area contributed by atoms with E-state index < -0.39 is 5.97 Å². The average molecular weight is 411 g/mol. The number of benzene rings is 2. The number of carbonyl (C=O) groups excluding carboxylic acids is 1. The van der Waals surface area contributed by atoms with Crippen LogP contribution in [-0.4, -0.2) is 31.0 Å². The number of methoxy groups -OCH3 is 1. The maximum Gasteiger partial charge on any atom is 0.343 e. The molecule has 2 aromatic heterocycles. The van der Waals surface area contributed by atoms with E-state index in [0.717, 1.165) is 6.42 Å². The molecule has 0 saturated carbocycles. The predicted octanol–water partition coefficient (Wildman–Crippen LogP) is 4.80. The molecule has 2 bridgehead atoms. The van der Waals surface area contributed by atoms with Crippen molar-refractivity contribution in [1.82, 2.24) is 0 Å². The molecule has 0 aliphatic carbocycles. The number of fused-ring (bicyclic) bond motifs is 3. The lowest BCUT2D eigenvalue weighted by molar-refractivity contribution is -0.138. The summed E-state index contributed by atoms with van der Waals surface area (Å²) in [5.74, 6) is -0.0105. The highest BCUT2D eigenvalue weighted by molar-refractivity contribution is 6.10. The Labute approximate surface area is 174 Å². The van der Waals surface area contributed by atoms with Gasteiger partial charge in [0.25, 0.3) is 0 Å². The molecule has 0 fully saturated rings. The second-order valence-corrected chi connectivity index (χ2v) is 6.17. The SMILES string of the molecule is CCCC(O)=C(C=Nc1ccccc1OC)C(=O)OCC.O=c1oc2ccc1cc2. The molecule has 0 aliphatic heterocycles. The first-order valence-electron chi connectivity index (χ1n) is 9.58. The maximum atomic E-state index is 11.9. The lowest BCUT2D eigenvalue weighted by Gasteiger charge is -2.06. The molecule has 7 nitrogen and oxygen atoms in total. The molecule has 0 radical (unpaired) electrons. The molecule has 2 heterocycles. The number of aliphatic hydroxyl groups excluding tert-OH is 1. The van der Waals surface area contributed by atoms with Crippen LogP contribution in [0.3, 0.4) is 0 Å². The minimum atomic E-state index is -0.581. The zero-order valence-electron chi connectivity index (χ0n) is 17.3. The normalized spacial score (nSPS) is 11.7. The minimum Gasteiger partial charge on any atom is -0.511 e. The molecule has 30 heavy (non-hydrogen) atoms. The van der Waals surface area contributed by atoms with E-state index in [0.29, 0.717) is 28.8 Å². The fraction of sp³-hybridized carbons (Fsp3) is 0.261. The number of aliphatic hydroxyl groups is 1. The number of rotatable bonds is 7. The molecule has 0 spiro atoms. The number of hydrogen-bond donors (Lipinski definition) is 1. The summed E-state index contributed by atoms with van der Waals surface area (Å²) in [4.78, 5) is 26.8. The summed E-state index contributed by atoms with van der Waals surface area (Å²) in [6, 6.07) is 14.2. The van der Waals surface area contributed by atoms with Crippen LogP contribution < -0.4 is 10.4 Å². The smallest absolute Gasteiger partial charge is 0.343 e. The van der Waals surface area contributed by atoms with Gasteiger partial charge in [-0.15, -0.1) is 0 Å². The molecule has 0 atom stereocenters. The summed E-state index contributed by atoms with van der Waals surface area (Å²) < 4.78 is 14.9. The summed E-state index contributed by atoms with van der Waals surface area (Å²) in [5, 5.41) is 10.6. The van der Waals surface area contributed by atoms with E-state index in [1.807, 2.05) is 19.1 Å². The van der Waals surface area contributed by atoms with Crippen molar-refractivity contribution in [3.05, 3.63) is 70.3 Å². The van der Waals surface area contributed by atoms with Gasteiger partial charge in [0.15, 0.2) is 0 Å². The van der Waals surface area contributed by atoms with E-state index in [2.05, 4.69) is 4.99 Å². The van der Waals surface area contributed by atoms with Crippen LogP contribution in [0.25, 0.3) is 11.0 Å². The lowest BCUT2D eigenvalue weighted by Crippen LogP contribution is -2.11. The molecule has 0 aliphatic rings. The van der Waals surface area contributed by atoms with Crippen LogP contribution in [0.2, 0.25) is 0 Å². The molecule has 0 amide bonds. The van der Waals surface area contributed by atoms with Crippen molar-refractivity contribution in [2.45, 2.75) is 26.7 Å². The summed E-state index contributed by atoms with van der Waals surface area (Å²) in [5.41, 5.74) is 1.04. The third-order valence-electron chi connectivity index (χ3n) is 4.01. The van der Waals surface area contributed by atoms with Crippen LogP contribution in [-0.2, 0) is 9.53 Å². The van der Waals surface area contributed by atoms with E-state index in [9.17, 15) is 14.7 Å². The fourth-order valence-corrected chi connectivity index (χ4v) is 2.52. The van der Waals surface area contributed by atoms with Crippen LogP contribution in [0.15, 0.2) is 74.1 Å². The molecular formula is C23H25NO6. The molecule has 0 saturated heterocycles. The number of aliphatic imine (C=N–C) groups is 1. The second-order valence-electron chi connectivity index (χ2n) is 6.17. The largest absolute Gasteiger partial charge is 0.511 e. The highest BCUT2D eigenvalue weighted by atomic mass is 16.5. The molecule has 4 aromatic rings. The van der Waals surface area contributed by atoms with Crippen LogP contribution in [0.5, 0.6) is 5.75 Å². The number of allylic oxidation sites excluding steroid dienone is 1. The van der Waals surface area contributed by atoms with E-state index in [1.165, 1.54) is 6.21 Å². The molecule has 2 aromatic carbocycles. The number of ether oxygens (including phenoxy) is 2. The molecule has 7 heteroatoms. The van der Waals surface area contributed by atoms with Gasteiger partial charge in [-0.05, 0) is 49.7 Å². The van der Waals surface area contributed by atoms with Gasteiger partial charge in [0.1, 0.15) is 28.4 Å². The number of carbonyl (C=O) groups is 1. The third kappa shape index (κ3) is 6.20. The van der Waals surface area contributed by atoms with Crippen LogP contribution in [0, 0.1) is 0 Å². The number of nitrogens with zero attached hydrogens (tertiary/aromatic N) is 1. The summed E-state index contributed by atoms with van der Waals surface area (Å²) in [7, 11) is 1.55. The van der Waals surface area contributed by atoms with E-state index in [-0.39, 0.29) is 23.6 Å². The average Bonchev–Trinajstić information content (AvgIpc) is 2.76. The maximum absolute atomic E-state index is 11.9. The van der Waals surface area contributed by atoms with Crippen molar-refractivity contribution >= 4 is 28.8 Å². The van der Waals surface area contributed by atoms with Crippen molar-refractivity contribution in [3.63, 3.8) is 0 Å². The first-order chi connectivity index (χ1) is 14.5. The molecule has 0 unspecified atom stereocenters. The summed E-state index contributed by atoms with van der Waals surface area (Å²) in [6.45, 7) is 3.87. The van der Waals surface area contributed by atoms with Gasteiger partial charge in [-0.25, -0.2) is 9.59 Å². The first kappa shape index (κ1) is 22.7. The Morgan fingerprint density at radius 3 is 2.33 bits per heavy atom. The molecule has 158 valence electrons. The number of esters is 1. The van der Waals surface area contributed by atoms with E-state index in [1.54, 1.807) is 50.4 Å². The zero-order valence-corrected chi connectivity index (χ0v) is 17.3. The Morgan fingerprint density at radius 1 is 1.13 bits per heavy atom. The summed E-state index contributed by atoms with van der Waals surface area (Å²) in [6.07, 6.45) is 2.43. The Morgan fingerprint density at radius 2 is 1.83 bits per heavy atom. The summed E-state index contributed by atoms with van der Waals surface area (Å²) >= 11 is 0. The fourth-order valence-electron chi connectivity index (χ4n) is 2.52. The van der Waals surface area contributed by atoms with Crippen molar-refractivity contribution in [3.8, 4) is 5.75 Å². The van der Waals surface area contributed by atoms with Crippen LogP contribution in [0.1, 0.15) is 26.7 Å². The van der Waals surface area contributed by atoms with Gasteiger partial charge < -0.3 is 19.0 Å². The number of para-hydroxylation sites is 2. The highest BCUT2D eigenvalue weighted by Gasteiger charge is 2.14. The molecule has 4 rings (SSSR count). The highest BCUT2D eigenvalue weighted by Crippen LogP contribution is 2.26. The van der Waals surface area contributed by atoms with Gasteiger partial charge in [-0.3, -0.25) is 4.99 Å². The first-order valence-corrected chi connectivity index (χ1v) is 9.58. The van der Waals surface area contributed by atoms with Crippen molar-refractivity contribution < 1.29 is 23.8 Å². The van der Waals surface area contributed by atoms with Gasteiger partial charge in [0, 0.05) is 12.6 Å². The van der Waals surface area contributed by atoms with E-state index in [4.69, 9.17) is 13.9 Å². The Balaban J connectivity index is 0.000000290. The van der Waals surface area contributed by atoms with Crippen molar-refractivity contribution in [1.29, 1.82) is 0 Å². The minimum absolute atomic E-state index is 0.0189. The Kier molecular flexibility index (Phi) is 8.62. The van der Waals surface area contributed by atoms with Gasteiger partial charge in [-0.1, -0.05) is 19.1 Å². The van der Waals surface area contributed by atoms with Gasteiger partial charge in [0.05, 0.1) is 19.1 Å². The van der Waals surface area contributed by atoms with Crippen LogP contribution in [0.4, 0.5) is 5.69 Å². The zero-order chi connectivity index (χ0) is 21.9. The third-order valence-corrected chi connectivity index (χ3v) is 4.01. The van der Waals surface area contributed by atoms with Crippen LogP contribution >= 0.6 is 0 Å². The topological polar surface area (TPSA) is 98.3 Å². The Bertz CT molecular complexity index is 1050. The van der Waals surface area contributed by atoms with Crippen molar-refractivity contribution in [2.24, 2.45) is 4.99 Å². The number of hydrogen-bond acceptors (Lipinski definition) is 7. The Hall–Kier alpha value is -3.61. The van der Waals surface area contributed by atoms with Crippen molar-refractivity contribution in [2.75, 3.05) is 13.7 Å².